The zero-order valence-electron chi connectivity index (χ0n) is 14.2. The summed E-state index contributed by atoms with van der Waals surface area (Å²) in [6.45, 7) is 2.55. The highest BCUT2D eigenvalue weighted by Crippen LogP contribution is 2.22. The van der Waals surface area contributed by atoms with Gasteiger partial charge in [-0.25, -0.2) is 13.1 Å². The lowest BCUT2D eigenvalue weighted by molar-refractivity contribution is 0.197. The third-order valence-corrected chi connectivity index (χ3v) is 7.11. The molecule has 1 atom stereocenters. The van der Waals surface area contributed by atoms with Crippen molar-refractivity contribution in [2.75, 3.05) is 18.6 Å². The highest BCUT2D eigenvalue weighted by atomic mass is 32.2. The maximum atomic E-state index is 11.7. The van der Waals surface area contributed by atoms with Gasteiger partial charge in [-0.05, 0) is 50.3 Å². The van der Waals surface area contributed by atoms with E-state index in [4.69, 9.17) is 12.2 Å². The van der Waals surface area contributed by atoms with Crippen LogP contribution in [0.1, 0.15) is 12.0 Å². The van der Waals surface area contributed by atoms with E-state index >= 15 is 0 Å². The molecule has 3 heterocycles. The molecule has 0 aliphatic carbocycles. The first kappa shape index (κ1) is 16.7. The minimum absolute atomic E-state index is 0.0233. The lowest BCUT2D eigenvalue weighted by atomic mass is 10.1. The lowest BCUT2D eigenvalue weighted by Crippen LogP contribution is -2.34. The standard InChI is InChI=1S/C17H20N4O2S2/c1-12-9-16-18-20(11-19(2)13-7-8-25(22,23)10-13)17(24)21(16)15-6-4-3-5-14(12)15/h3-6,9,13H,7-8,10-11H2,1-2H3. The van der Waals surface area contributed by atoms with E-state index in [0.717, 1.165) is 22.1 Å². The molecule has 1 aliphatic heterocycles. The Morgan fingerprint density at radius 1 is 1.36 bits per heavy atom. The van der Waals surface area contributed by atoms with Crippen LogP contribution in [-0.4, -0.2) is 52.1 Å². The second-order valence-corrected chi connectivity index (χ2v) is 9.37. The molecular formula is C17H20N4O2S2. The van der Waals surface area contributed by atoms with Gasteiger partial charge < -0.3 is 0 Å². The fourth-order valence-electron chi connectivity index (χ4n) is 3.56. The molecule has 1 aromatic carbocycles. The van der Waals surface area contributed by atoms with Gasteiger partial charge in [-0.15, -0.1) is 0 Å². The van der Waals surface area contributed by atoms with E-state index in [2.05, 4.69) is 18.1 Å². The Hall–Kier alpha value is -1.77. The number of sulfone groups is 1. The van der Waals surface area contributed by atoms with Gasteiger partial charge in [0.1, 0.15) is 0 Å². The van der Waals surface area contributed by atoms with Crippen LogP contribution < -0.4 is 0 Å². The lowest BCUT2D eigenvalue weighted by Gasteiger charge is -2.22. The van der Waals surface area contributed by atoms with Gasteiger partial charge in [-0.3, -0.25) is 9.30 Å². The number of aromatic nitrogens is 3. The van der Waals surface area contributed by atoms with Crippen LogP contribution in [-0.2, 0) is 16.5 Å². The largest absolute Gasteiger partial charge is 0.283 e. The van der Waals surface area contributed by atoms with Crippen LogP contribution in [0.2, 0.25) is 0 Å². The monoisotopic (exact) mass is 376 g/mol. The van der Waals surface area contributed by atoms with Crippen LogP contribution in [0, 0.1) is 11.7 Å². The third-order valence-electron chi connectivity index (χ3n) is 4.97. The maximum Gasteiger partial charge on any atom is 0.204 e. The van der Waals surface area contributed by atoms with Gasteiger partial charge in [-0.1, -0.05) is 18.2 Å². The van der Waals surface area contributed by atoms with E-state index in [9.17, 15) is 8.42 Å². The van der Waals surface area contributed by atoms with Crippen molar-refractivity contribution in [1.29, 1.82) is 0 Å². The van der Waals surface area contributed by atoms with Crippen LogP contribution in [0.25, 0.3) is 16.6 Å². The van der Waals surface area contributed by atoms with Crippen molar-refractivity contribution >= 4 is 38.6 Å². The fourth-order valence-corrected chi connectivity index (χ4v) is 5.66. The van der Waals surface area contributed by atoms with Gasteiger partial charge in [0.15, 0.2) is 15.5 Å². The van der Waals surface area contributed by atoms with Crippen LogP contribution in [0.3, 0.4) is 0 Å². The second kappa shape index (κ2) is 5.89. The average molecular weight is 377 g/mol. The van der Waals surface area contributed by atoms with Crippen molar-refractivity contribution in [3.8, 4) is 0 Å². The Bertz CT molecular complexity index is 1130. The molecule has 0 saturated carbocycles. The van der Waals surface area contributed by atoms with Crippen LogP contribution in [0.15, 0.2) is 30.3 Å². The first-order valence-corrected chi connectivity index (χ1v) is 10.5. The van der Waals surface area contributed by atoms with Crippen molar-refractivity contribution in [2.45, 2.75) is 26.1 Å². The molecular weight excluding hydrogens is 356 g/mol. The summed E-state index contributed by atoms with van der Waals surface area (Å²) in [7, 11) is -0.973. The Labute approximate surface area is 151 Å². The molecule has 3 aromatic rings. The highest BCUT2D eigenvalue weighted by molar-refractivity contribution is 7.91. The molecule has 1 fully saturated rings. The number of hydrogen-bond acceptors (Lipinski definition) is 5. The molecule has 0 bridgehead atoms. The molecule has 1 saturated heterocycles. The minimum atomic E-state index is -2.90. The van der Waals surface area contributed by atoms with E-state index in [0.29, 0.717) is 17.9 Å². The van der Waals surface area contributed by atoms with Gasteiger partial charge >= 0.3 is 0 Å². The summed E-state index contributed by atoms with van der Waals surface area (Å²) in [6, 6.07) is 10.2. The summed E-state index contributed by atoms with van der Waals surface area (Å²) in [4.78, 5) is 2.03. The first-order valence-electron chi connectivity index (χ1n) is 8.24. The normalized spacial score (nSPS) is 20.0. The number of aryl methyl sites for hydroxylation is 1. The van der Waals surface area contributed by atoms with Crippen molar-refractivity contribution in [3.05, 3.63) is 40.7 Å². The molecule has 1 unspecified atom stereocenters. The van der Waals surface area contributed by atoms with Gasteiger partial charge in [0, 0.05) is 11.4 Å². The predicted octanol–water partition coefficient (Wildman–Crippen LogP) is 2.40. The van der Waals surface area contributed by atoms with Crippen molar-refractivity contribution < 1.29 is 8.42 Å². The van der Waals surface area contributed by atoms with Gasteiger partial charge in [-0.2, -0.15) is 5.10 Å². The second-order valence-electron chi connectivity index (χ2n) is 6.78. The molecule has 2 aromatic heterocycles. The highest BCUT2D eigenvalue weighted by Gasteiger charge is 2.30. The Morgan fingerprint density at radius 2 is 2.12 bits per heavy atom. The number of benzene rings is 1. The molecule has 25 heavy (non-hydrogen) atoms. The minimum Gasteiger partial charge on any atom is -0.283 e. The molecule has 0 N–H and O–H groups in total. The fraction of sp³-hybridized carbons (Fsp3) is 0.412. The molecule has 0 radical (unpaired) electrons. The van der Waals surface area contributed by atoms with Crippen molar-refractivity contribution in [3.63, 3.8) is 0 Å². The van der Waals surface area contributed by atoms with Crippen LogP contribution >= 0.6 is 12.2 Å². The van der Waals surface area contributed by atoms with E-state index in [1.165, 1.54) is 0 Å². The van der Waals surface area contributed by atoms with Gasteiger partial charge in [0.05, 0.1) is 23.7 Å². The quantitative estimate of drug-likeness (QED) is 0.657. The number of fused-ring (bicyclic) bond motifs is 3. The van der Waals surface area contributed by atoms with E-state index in [-0.39, 0.29) is 17.5 Å². The molecule has 0 amide bonds. The summed E-state index contributed by atoms with van der Waals surface area (Å²) < 4.78 is 27.8. The number of rotatable bonds is 3. The Morgan fingerprint density at radius 3 is 2.84 bits per heavy atom. The average Bonchev–Trinajstić information content (AvgIpc) is 3.08. The summed E-state index contributed by atoms with van der Waals surface area (Å²) in [5, 5.41) is 5.81. The number of hydrogen-bond donors (Lipinski definition) is 0. The summed E-state index contributed by atoms with van der Waals surface area (Å²) in [5.74, 6) is 0.481. The zero-order valence-corrected chi connectivity index (χ0v) is 15.8. The van der Waals surface area contributed by atoms with E-state index < -0.39 is 9.84 Å². The number of pyridine rings is 1. The van der Waals surface area contributed by atoms with Crippen LogP contribution in [0.4, 0.5) is 0 Å². The molecule has 6 nitrogen and oxygen atoms in total. The van der Waals surface area contributed by atoms with Crippen LogP contribution in [0.5, 0.6) is 0 Å². The smallest absolute Gasteiger partial charge is 0.204 e. The van der Waals surface area contributed by atoms with E-state index in [1.54, 1.807) is 4.68 Å². The topological polar surface area (TPSA) is 59.6 Å². The molecule has 132 valence electrons. The van der Waals surface area contributed by atoms with Gasteiger partial charge in [0.2, 0.25) is 4.77 Å². The Kier molecular flexibility index (Phi) is 3.93. The predicted molar refractivity (Wildman–Crippen MR) is 101 cm³/mol. The number of para-hydroxylation sites is 1. The summed E-state index contributed by atoms with van der Waals surface area (Å²) in [6.07, 6.45) is 0.668. The third kappa shape index (κ3) is 2.88. The van der Waals surface area contributed by atoms with Crippen molar-refractivity contribution in [1.82, 2.24) is 19.1 Å². The Balaban J connectivity index is 1.75. The summed E-state index contributed by atoms with van der Waals surface area (Å²) >= 11 is 5.65. The zero-order chi connectivity index (χ0) is 17.8. The van der Waals surface area contributed by atoms with Crippen molar-refractivity contribution in [2.24, 2.45) is 0 Å². The SMILES string of the molecule is Cc1cc2nn(CN(C)C3CCS(=O)(=O)C3)c(=S)n2c2ccccc12. The molecule has 0 spiro atoms. The molecule has 1 aliphatic rings. The number of nitrogens with zero attached hydrogens (tertiary/aromatic N) is 4. The molecule has 4 rings (SSSR count). The maximum absolute atomic E-state index is 11.7. The van der Waals surface area contributed by atoms with E-state index in [1.807, 2.05) is 40.6 Å². The summed E-state index contributed by atoms with van der Waals surface area (Å²) in [5.41, 5.74) is 3.01. The molecule has 8 heteroatoms. The van der Waals surface area contributed by atoms with Gasteiger partial charge in [0.25, 0.3) is 0 Å². The first-order chi connectivity index (χ1) is 11.9.